The minimum absolute atomic E-state index is 0.268. The van der Waals surface area contributed by atoms with E-state index in [1.807, 2.05) is 32.0 Å². The Hall–Kier alpha value is -2.50. The Labute approximate surface area is 138 Å². The van der Waals surface area contributed by atoms with Crippen LogP contribution in [0.5, 0.6) is 0 Å². The fourth-order valence-electron chi connectivity index (χ4n) is 2.58. The second kappa shape index (κ2) is 6.95. The summed E-state index contributed by atoms with van der Waals surface area (Å²) in [6.07, 6.45) is -4.52. The van der Waals surface area contributed by atoms with Gasteiger partial charge in [0, 0.05) is 0 Å². The number of benzene rings is 2. The van der Waals surface area contributed by atoms with E-state index in [-0.39, 0.29) is 11.7 Å². The van der Waals surface area contributed by atoms with E-state index in [9.17, 15) is 18.0 Å². The van der Waals surface area contributed by atoms with Gasteiger partial charge in [0.05, 0.1) is 17.3 Å². The summed E-state index contributed by atoms with van der Waals surface area (Å²) in [5, 5.41) is 4.94. The Kier molecular flexibility index (Phi) is 5.17. The van der Waals surface area contributed by atoms with E-state index in [4.69, 9.17) is 0 Å². The minimum Gasteiger partial charge on any atom is -0.331 e. The highest BCUT2D eigenvalue weighted by atomic mass is 19.4. The highest BCUT2D eigenvalue weighted by molar-refractivity contribution is 5.90. The van der Waals surface area contributed by atoms with Gasteiger partial charge in [0.15, 0.2) is 0 Å². The van der Waals surface area contributed by atoms with Crippen LogP contribution in [0.15, 0.2) is 42.5 Å². The maximum absolute atomic E-state index is 12.9. The van der Waals surface area contributed by atoms with Crippen molar-refractivity contribution in [1.29, 1.82) is 0 Å². The fraction of sp³-hybridized carbons (Fsp3) is 0.278. The lowest BCUT2D eigenvalue weighted by Gasteiger charge is -2.19. The molecule has 0 aliphatic heterocycles. The van der Waals surface area contributed by atoms with Crippen LogP contribution < -0.4 is 10.6 Å². The predicted molar refractivity (Wildman–Crippen MR) is 87.9 cm³/mol. The van der Waals surface area contributed by atoms with Crippen molar-refractivity contribution >= 4 is 11.7 Å². The van der Waals surface area contributed by atoms with Crippen molar-refractivity contribution in [1.82, 2.24) is 5.32 Å². The molecule has 0 saturated heterocycles. The van der Waals surface area contributed by atoms with Crippen molar-refractivity contribution < 1.29 is 18.0 Å². The normalized spacial score (nSPS) is 12.6. The van der Waals surface area contributed by atoms with Gasteiger partial charge in [-0.3, -0.25) is 0 Å². The van der Waals surface area contributed by atoms with Crippen LogP contribution in [0.2, 0.25) is 0 Å². The molecule has 0 heterocycles. The van der Waals surface area contributed by atoms with Gasteiger partial charge >= 0.3 is 12.2 Å². The molecule has 0 radical (unpaired) electrons. The first kappa shape index (κ1) is 17.8. The molecular weight excluding hydrogens is 317 g/mol. The van der Waals surface area contributed by atoms with E-state index in [1.165, 1.54) is 18.2 Å². The summed E-state index contributed by atoms with van der Waals surface area (Å²) >= 11 is 0. The summed E-state index contributed by atoms with van der Waals surface area (Å²) in [4.78, 5) is 12.1. The van der Waals surface area contributed by atoms with Crippen molar-refractivity contribution in [3.05, 3.63) is 64.7 Å². The van der Waals surface area contributed by atoms with E-state index in [2.05, 4.69) is 10.6 Å². The minimum atomic E-state index is -4.52. The molecule has 1 atom stereocenters. The van der Waals surface area contributed by atoms with E-state index in [0.29, 0.717) is 0 Å². The number of aryl methyl sites for hydroxylation is 2. The first-order chi connectivity index (χ1) is 11.2. The number of hydrogen-bond donors (Lipinski definition) is 2. The lowest BCUT2D eigenvalue weighted by Crippen LogP contribution is -2.32. The third-order valence-electron chi connectivity index (χ3n) is 3.72. The van der Waals surface area contributed by atoms with Crippen LogP contribution in [0.4, 0.5) is 23.7 Å². The van der Waals surface area contributed by atoms with Crippen LogP contribution in [0.25, 0.3) is 0 Å². The van der Waals surface area contributed by atoms with Crippen molar-refractivity contribution in [3.8, 4) is 0 Å². The third-order valence-corrected chi connectivity index (χ3v) is 3.72. The van der Waals surface area contributed by atoms with Gasteiger partial charge < -0.3 is 10.6 Å². The SMILES string of the molecule is Cc1ccc(C(C)NC(=O)Nc2ccccc2C(F)(F)F)c(C)c1. The van der Waals surface area contributed by atoms with Gasteiger partial charge in [-0.2, -0.15) is 13.2 Å². The number of halogens is 3. The number of amides is 2. The molecule has 128 valence electrons. The van der Waals surface area contributed by atoms with E-state index < -0.39 is 17.8 Å². The Morgan fingerprint density at radius 3 is 2.38 bits per heavy atom. The summed E-state index contributed by atoms with van der Waals surface area (Å²) in [7, 11) is 0. The third kappa shape index (κ3) is 4.28. The fourth-order valence-corrected chi connectivity index (χ4v) is 2.58. The predicted octanol–water partition coefficient (Wildman–Crippen LogP) is 5.20. The molecule has 0 aliphatic carbocycles. The van der Waals surface area contributed by atoms with Crippen molar-refractivity contribution in [3.63, 3.8) is 0 Å². The maximum atomic E-state index is 12.9. The molecule has 0 fully saturated rings. The van der Waals surface area contributed by atoms with Gasteiger partial charge in [-0.25, -0.2) is 4.79 Å². The number of para-hydroxylation sites is 1. The lowest BCUT2D eigenvalue weighted by atomic mass is 10.0. The molecular formula is C18H19F3N2O. The van der Waals surface area contributed by atoms with E-state index in [1.54, 1.807) is 6.92 Å². The summed E-state index contributed by atoms with van der Waals surface area (Å²) in [6.45, 7) is 5.68. The highest BCUT2D eigenvalue weighted by Gasteiger charge is 2.33. The average Bonchev–Trinajstić information content (AvgIpc) is 2.46. The van der Waals surface area contributed by atoms with Crippen LogP contribution in [-0.2, 0) is 6.18 Å². The highest BCUT2D eigenvalue weighted by Crippen LogP contribution is 2.34. The van der Waals surface area contributed by atoms with Crippen LogP contribution in [-0.4, -0.2) is 6.03 Å². The molecule has 2 amide bonds. The molecule has 0 bridgehead atoms. The maximum Gasteiger partial charge on any atom is 0.418 e. The van der Waals surface area contributed by atoms with Crippen LogP contribution >= 0.6 is 0 Å². The summed E-state index contributed by atoms with van der Waals surface area (Å²) < 4.78 is 38.8. The molecule has 0 spiro atoms. The molecule has 24 heavy (non-hydrogen) atoms. The van der Waals surface area contributed by atoms with Gasteiger partial charge in [0.25, 0.3) is 0 Å². The monoisotopic (exact) mass is 336 g/mol. The number of nitrogens with one attached hydrogen (secondary N) is 2. The van der Waals surface area contributed by atoms with E-state index >= 15 is 0 Å². The molecule has 0 aliphatic rings. The molecule has 0 aromatic heterocycles. The number of rotatable bonds is 3. The van der Waals surface area contributed by atoms with E-state index in [0.717, 1.165) is 22.8 Å². The van der Waals surface area contributed by atoms with Crippen LogP contribution in [0.1, 0.15) is 35.2 Å². The first-order valence-electron chi connectivity index (χ1n) is 7.49. The molecule has 2 aromatic carbocycles. The number of hydrogen-bond acceptors (Lipinski definition) is 1. The largest absolute Gasteiger partial charge is 0.418 e. The van der Waals surface area contributed by atoms with Gasteiger partial charge in [-0.15, -0.1) is 0 Å². The molecule has 6 heteroatoms. The lowest BCUT2D eigenvalue weighted by molar-refractivity contribution is -0.136. The van der Waals surface area contributed by atoms with Crippen LogP contribution in [0, 0.1) is 13.8 Å². The van der Waals surface area contributed by atoms with Crippen molar-refractivity contribution in [2.75, 3.05) is 5.32 Å². The Morgan fingerprint density at radius 1 is 1.08 bits per heavy atom. The summed E-state index contributed by atoms with van der Waals surface area (Å²) in [5.74, 6) is 0. The zero-order valence-electron chi connectivity index (χ0n) is 13.7. The molecule has 2 rings (SSSR count). The van der Waals surface area contributed by atoms with Gasteiger partial charge in [-0.05, 0) is 44.0 Å². The number of anilines is 1. The summed E-state index contributed by atoms with van der Waals surface area (Å²) in [5.41, 5.74) is 1.89. The zero-order valence-corrected chi connectivity index (χ0v) is 13.7. The number of carbonyl (C=O) groups is 1. The molecule has 1 unspecified atom stereocenters. The number of urea groups is 1. The molecule has 2 N–H and O–H groups in total. The summed E-state index contributed by atoms with van der Waals surface area (Å²) in [6, 6.07) is 9.69. The van der Waals surface area contributed by atoms with Gasteiger partial charge in [0.1, 0.15) is 0 Å². The standard InChI is InChI=1S/C18H19F3N2O/c1-11-8-9-14(12(2)10-11)13(3)22-17(24)23-16-7-5-4-6-15(16)18(19,20)21/h4-10,13H,1-3H3,(H2,22,23,24). The molecule has 3 nitrogen and oxygen atoms in total. The van der Waals surface area contributed by atoms with Crippen LogP contribution in [0.3, 0.4) is 0 Å². The molecule has 2 aromatic rings. The quantitative estimate of drug-likeness (QED) is 0.794. The average molecular weight is 336 g/mol. The van der Waals surface area contributed by atoms with Gasteiger partial charge in [-0.1, -0.05) is 35.9 Å². The Balaban J connectivity index is 2.11. The second-order valence-corrected chi connectivity index (χ2v) is 5.72. The number of carbonyl (C=O) groups excluding carboxylic acids is 1. The van der Waals surface area contributed by atoms with Gasteiger partial charge in [0.2, 0.25) is 0 Å². The topological polar surface area (TPSA) is 41.1 Å². The second-order valence-electron chi connectivity index (χ2n) is 5.72. The Bertz CT molecular complexity index is 741. The Morgan fingerprint density at radius 2 is 1.75 bits per heavy atom. The number of alkyl halides is 3. The van der Waals surface area contributed by atoms with Crippen molar-refractivity contribution in [2.45, 2.75) is 33.0 Å². The first-order valence-corrected chi connectivity index (χ1v) is 7.49. The molecule has 0 saturated carbocycles. The zero-order chi connectivity index (χ0) is 17.9. The smallest absolute Gasteiger partial charge is 0.331 e. The van der Waals surface area contributed by atoms with Crippen molar-refractivity contribution in [2.24, 2.45) is 0 Å².